The Morgan fingerprint density at radius 2 is 2.04 bits per heavy atom. The number of rotatable bonds is 2. The molecule has 4 heterocycles. The minimum absolute atomic E-state index is 0.0826. The fourth-order valence-corrected chi connectivity index (χ4v) is 4.35. The van der Waals surface area contributed by atoms with Gasteiger partial charge in [0.2, 0.25) is 0 Å². The van der Waals surface area contributed by atoms with Gasteiger partial charge in [0, 0.05) is 36.8 Å². The zero-order valence-electron chi connectivity index (χ0n) is 14.3. The van der Waals surface area contributed by atoms with E-state index < -0.39 is 0 Å². The summed E-state index contributed by atoms with van der Waals surface area (Å²) < 4.78 is 1.47. The van der Waals surface area contributed by atoms with Gasteiger partial charge in [-0.05, 0) is 43.7 Å². The number of aromatic amines is 1. The third-order valence-electron chi connectivity index (χ3n) is 4.86. The number of hydrogen-bond donors (Lipinski definition) is 1. The van der Waals surface area contributed by atoms with E-state index in [4.69, 9.17) is 0 Å². The van der Waals surface area contributed by atoms with E-state index in [1.54, 1.807) is 6.07 Å². The Kier molecular flexibility index (Phi) is 3.95. The SMILES string of the molecule is Cc1cc2nc(C3CCN(C(=O)c4sccc4C)CC3)cc(=O)n2[nH]1. The molecule has 0 aromatic carbocycles. The topological polar surface area (TPSA) is 70.5 Å². The minimum atomic E-state index is -0.0826. The van der Waals surface area contributed by atoms with Gasteiger partial charge in [-0.3, -0.25) is 14.7 Å². The molecule has 25 heavy (non-hydrogen) atoms. The van der Waals surface area contributed by atoms with Crippen LogP contribution < -0.4 is 5.56 Å². The second kappa shape index (κ2) is 6.15. The molecule has 1 amide bonds. The van der Waals surface area contributed by atoms with Crippen LogP contribution in [0.5, 0.6) is 0 Å². The van der Waals surface area contributed by atoms with Crippen molar-refractivity contribution >= 4 is 22.9 Å². The second-order valence-corrected chi connectivity index (χ2v) is 7.57. The van der Waals surface area contributed by atoms with Crippen LogP contribution in [0.25, 0.3) is 5.65 Å². The summed E-state index contributed by atoms with van der Waals surface area (Å²) in [5.41, 5.74) is 3.37. The first-order valence-electron chi connectivity index (χ1n) is 8.45. The van der Waals surface area contributed by atoms with Crippen molar-refractivity contribution in [2.24, 2.45) is 0 Å². The number of aromatic nitrogens is 3. The third kappa shape index (κ3) is 2.89. The zero-order chi connectivity index (χ0) is 17.6. The number of piperidine rings is 1. The lowest BCUT2D eigenvalue weighted by Gasteiger charge is -2.31. The van der Waals surface area contributed by atoms with Gasteiger partial charge >= 0.3 is 0 Å². The van der Waals surface area contributed by atoms with Gasteiger partial charge in [-0.2, -0.15) is 0 Å². The van der Waals surface area contributed by atoms with Gasteiger partial charge in [-0.1, -0.05) is 0 Å². The standard InChI is InChI=1S/C18H20N4O2S/c1-11-5-8-25-17(11)18(24)21-6-3-13(4-7-21)14-10-16(23)22-15(19-14)9-12(2)20-22/h5,8-10,13,20H,3-4,6-7H2,1-2H3. The average molecular weight is 356 g/mol. The number of carbonyl (C=O) groups is 1. The van der Waals surface area contributed by atoms with Crippen LogP contribution in [0.3, 0.4) is 0 Å². The normalized spacial score (nSPS) is 15.8. The molecule has 0 atom stereocenters. The first kappa shape index (κ1) is 16.1. The zero-order valence-corrected chi connectivity index (χ0v) is 15.1. The van der Waals surface area contributed by atoms with Crippen molar-refractivity contribution in [2.75, 3.05) is 13.1 Å². The largest absolute Gasteiger partial charge is 0.338 e. The molecule has 0 spiro atoms. The Morgan fingerprint density at radius 3 is 2.72 bits per heavy atom. The Labute approximate surface area is 149 Å². The molecule has 1 saturated heterocycles. The number of thiophene rings is 1. The molecule has 1 aliphatic heterocycles. The van der Waals surface area contributed by atoms with Crippen LogP contribution in [0.2, 0.25) is 0 Å². The van der Waals surface area contributed by atoms with Crippen molar-refractivity contribution in [3.8, 4) is 0 Å². The Bertz CT molecular complexity index is 992. The Hall–Kier alpha value is -2.41. The molecule has 0 aliphatic carbocycles. The van der Waals surface area contributed by atoms with E-state index >= 15 is 0 Å². The third-order valence-corrected chi connectivity index (χ3v) is 5.86. The number of H-pyrrole nitrogens is 1. The van der Waals surface area contributed by atoms with Crippen LogP contribution in [0.4, 0.5) is 0 Å². The van der Waals surface area contributed by atoms with Crippen LogP contribution in [0.1, 0.15) is 45.4 Å². The molecule has 0 saturated carbocycles. The second-order valence-electron chi connectivity index (χ2n) is 6.65. The van der Waals surface area contributed by atoms with Gasteiger partial charge in [-0.15, -0.1) is 11.3 Å². The van der Waals surface area contributed by atoms with E-state index in [9.17, 15) is 9.59 Å². The van der Waals surface area contributed by atoms with Crippen LogP contribution >= 0.6 is 11.3 Å². The summed E-state index contributed by atoms with van der Waals surface area (Å²) in [5.74, 6) is 0.345. The molecule has 7 heteroatoms. The molecule has 1 N–H and O–H groups in total. The van der Waals surface area contributed by atoms with Gasteiger partial charge in [-0.25, -0.2) is 9.50 Å². The van der Waals surface area contributed by atoms with Crippen molar-refractivity contribution < 1.29 is 4.79 Å². The highest BCUT2D eigenvalue weighted by Gasteiger charge is 2.27. The Morgan fingerprint density at radius 1 is 1.28 bits per heavy atom. The highest BCUT2D eigenvalue weighted by atomic mass is 32.1. The lowest BCUT2D eigenvalue weighted by atomic mass is 9.93. The van der Waals surface area contributed by atoms with Crippen LogP contribution in [-0.2, 0) is 0 Å². The van der Waals surface area contributed by atoms with Crippen molar-refractivity contribution in [3.05, 3.63) is 55.8 Å². The summed E-state index contributed by atoms with van der Waals surface area (Å²) in [6, 6.07) is 5.48. The maximum Gasteiger partial charge on any atom is 0.272 e. The molecular formula is C18H20N4O2S. The van der Waals surface area contributed by atoms with Crippen molar-refractivity contribution in [3.63, 3.8) is 0 Å². The molecule has 3 aromatic rings. The number of likely N-dealkylation sites (tertiary alicyclic amines) is 1. The minimum Gasteiger partial charge on any atom is -0.338 e. The molecule has 130 valence electrons. The Balaban J connectivity index is 1.51. The van der Waals surface area contributed by atoms with Gasteiger partial charge in [0.15, 0.2) is 5.65 Å². The lowest BCUT2D eigenvalue weighted by Crippen LogP contribution is -2.38. The van der Waals surface area contributed by atoms with E-state index in [-0.39, 0.29) is 17.4 Å². The lowest BCUT2D eigenvalue weighted by molar-refractivity contribution is 0.0716. The van der Waals surface area contributed by atoms with Gasteiger partial charge in [0.25, 0.3) is 11.5 Å². The van der Waals surface area contributed by atoms with Gasteiger partial charge < -0.3 is 4.90 Å². The smallest absolute Gasteiger partial charge is 0.272 e. The summed E-state index contributed by atoms with van der Waals surface area (Å²) >= 11 is 1.50. The highest BCUT2D eigenvalue weighted by Crippen LogP contribution is 2.28. The van der Waals surface area contributed by atoms with E-state index in [2.05, 4.69) is 10.1 Å². The first-order valence-corrected chi connectivity index (χ1v) is 9.33. The van der Waals surface area contributed by atoms with E-state index in [1.807, 2.05) is 36.3 Å². The average Bonchev–Trinajstić information content (AvgIpc) is 3.19. The fraction of sp³-hybridized carbons (Fsp3) is 0.389. The summed E-state index contributed by atoms with van der Waals surface area (Å²) in [6.45, 7) is 5.29. The quantitative estimate of drug-likeness (QED) is 0.767. The summed E-state index contributed by atoms with van der Waals surface area (Å²) in [5, 5.41) is 4.95. The molecule has 6 nitrogen and oxygen atoms in total. The molecule has 4 rings (SSSR count). The summed E-state index contributed by atoms with van der Waals surface area (Å²) in [6.07, 6.45) is 1.67. The van der Waals surface area contributed by atoms with Crippen LogP contribution in [-0.4, -0.2) is 38.5 Å². The number of nitrogens with one attached hydrogen (secondary N) is 1. The predicted octanol–water partition coefficient (Wildman–Crippen LogP) is 2.72. The van der Waals surface area contributed by atoms with Crippen molar-refractivity contribution in [1.29, 1.82) is 0 Å². The molecule has 0 bridgehead atoms. The molecule has 0 unspecified atom stereocenters. The number of amides is 1. The molecular weight excluding hydrogens is 336 g/mol. The number of carbonyl (C=O) groups excluding carboxylic acids is 1. The van der Waals surface area contributed by atoms with Gasteiger partial charge in [0.1, 0.15) is 0 Å². The van der Waals surface area contributed by atoms with Crippen molar-refractivity contribution in [1.82, 2.24) is 19.5 Å². The van der Waals surface area contributed by atoms with E-state index in [1.165, 1.54) is 15.9 Å². The fourth-order valence-electron chi connectivity index (χ4n) is 3.45. The number of hydrogen-bond acceptors (Lipinski definition) is 4. The van der Waals surface area contributed by atoms with E-state index in [0.29, 0.717) is 18.7 Å². The summed E-state index contributed by atoms with van der Waals surface area (Å²) in [7, 11) is 0. The molecule has 1 fully saturated rings. The first-order chi connectivity index (χ1) is 12.0. The van der Waals surface area contributed by atoms with Crippen LogP contribution in [0, 0.1) is 13.8 Å². The molecule has 3 aromatic heterocycles. The maximum atomic E-state index is 12.6. The highest BCUT2D eigenvalue weighted by molar-refractivity contribution is 7.12. The van der Waals surface area contributed by atoms with Crippen LogP contribution in [0.15, 0.2) is 28.4 Å². The monoisotopic (exact) mass is 356 g/mol. The number of fused-ring (bicyclic) bond motifs is 1. The number of aryl methyl sites for hydroxylation is 2. The number of nitrogens with zero attached hydrogens (tertiary/aromatic N) is 3. The maximum absolute atomic E-state index is 12.6. The van der Waals surface area contributed by atoms with Gasteiger partial charge in [0.05, 0.1) is 10.6 Å². The van der Waals surface area contributed by atoms with Crippen molar-refractivity contribution in [2.45, 2.75) is 32.6 Å². The molecule has 0 radical (unpaired) electrons. The summed E-state index contributed by atoms with van der Waals surface area (Å²) in [4.78, 5) is 32.3. The predicted molar refractivity (Wildman–Crippen MR) is 97.5 cm³/mol. The van der Waals surface area contributed by atoms with E-state index in [0.717, 1.165) is 34.7 Å². The molecule has 1 aliphatic rings.